The van der Waals surface area contributed by atoms with Crippen LogP contribution in [0, 0.1) is 17.3 Å². The molecule has 0 saturated carbocycles. The molecule has 1 N–H and O–H groups in total. The Morgan fingerprint density at radius 2 is 1.84 bits per heavy atom. The lowest BCUT2D eigenvalue weighted by molar-refractivity contribution is -0.147. The number of carboxylic acid groups (broad SMARTS) is 1. The molecule has 0 bridgehead atoms. The highest BCUT2D eigenvalue weighted by atomic mass is 16.4. The van der Waals surface area contributed by atoms with E-state index >= 15 is 0 Å². The SMILES string of the molecule is CC1CCN(C(=O)N2CCC(C)(C(=O)O)C2)CC1C. The summed E-state index contributed by atoms with van der Waals surface area (Å²) in [5.74, 6) is 0.376. The highest BCUT2D eigenvalue weighted by molar-refractivity contribution is 5.79. The monoisotopic (exact) mass is 268 g/mol. The highest BCUT2D eigenvalue weighted by Crippen LogP contribution is 2.31. The minimum Gasteiger partial charge on any atom is -0.481 e. The minimum absolute atomic E-state index is 0.0173. The number of nitrogens with zero attached hydrogens (tertiary/aromatic N) is 2. The van der Waals surface area contributed by atoms with Crippen molar-refractivity contribution in [2.75, 3.05) is 26.2 Å². The zero-order valence-corrected chi connectivity index (χ0v) is 12.1. The van der Waals surface area contributed by atoms with Gasteiger partial charge < -0.3 is 14.9 Å². The van der Waals surface area contributed by atoms with Gasteiger partial charge in [-0.1, -0.05) is 13.8 Å². The fourth-order valence-corrected chi connectivity index (χ4v) is 2.94. The minimum atomic E-state index is -0.802. The molecule has 0 aromatic carbocycles. The predicted molar refractivity (Wildman–Crippen MR) is 71.8 cm³/mol. The molecule has 2 fully saturated rings. The van der Waals surface area contributed by atoms with Crippen molar-refractivity contribution in [3.05, 3.63) is 0 Å². The Bertz CT molecular complexity index is 385. The van der Waals surface area contributed by atoms with Crippen LogP contribution >= 0.6 is 0 Å². The number of likely N-dealkylation sites (tertiary alicyclic amines) is 2. The van der Waals surface area contributed by atoms with Crippen molar-refractivity contribution in [3.63, 3.8) is 0 Å². The molecule has 0 aromatic heterocycles. The first kappa shape index (κ1) is 14.2. The molecule has 2 aliphatic rings. The number of amides is 2. The van der Waals surface area contributed by atoms with Crippen molar-refractivity contribution >= 4 is 12.0 Å². The Hall–Kier alpha value is -1.26. The standard InChI is InChI=1S/C14H24N2O3/c1-10-4-6-15(8-11(10)2)13(19)16-7-5-14(3,9-16)12(17)18/h10-11H,4-9H2,1-3H3,(H,17,18). The second kappa shape index (κ2) is 5.02. The topological polar surface area (TPSA) is 60.9 Å². The lowest BCUT2D eigenvalue weighted by Gasteiger charge is -2.37. The van der Waals surface area contributed by atoms with Crippen LogP contribution < -0.4 is 0 Å². The molecule has 5 heteroatoms. The van der Waals surface area contributed by atoms with E-state index in [1.54, 1.807) is 11.8 Å². The summed E-state index contributed by atoms with van der Waals surface area (Å²) in [5, 5.41) is 9.21. The van der Waals surface area contributed by atoms with Gasteiger partial charge in [0.2, 0.25) is 0 Å². The second-order valence-corrected chi connectivity index (χ2v) is 6.51. The first-order valence-corrected chi connectivity index (χ1v) is 7.11. The highest BCUT2D eigenvalue weighted by Gasteiger charge is 2.43. The molecule has 0 spiro atoms. The fraction of sp³-hybridized carbons (Fsp3) is 0.857. The zero-order valence-electron chi connectivity index (χ0n) is 12.1. The lowest BCUT2D eigenvalue weighted by atomic mass is 9.89. The molecular weight excluding hydrogens is 244 g/mol. The number of aliphatic carboxylic acids is 1. The quantitative estimate of drug-likeness (QED) is 0.790. The Morgan fingerprint density at radius 1 is 1.16 bits per heavy atom. The molecule has 0 radical (unpaired) electrons. The van der Waals surface area contributed by atoms with E-state index in [9.17, 15) is 14.7 Å². The first-order valence-electron chi connectivity index (χ1n) is 7.11. The smallest absolute Gasteiger partial charge is 0.320 e. The average Bonchev–Trinajstić information content (AvgIpc) is 2.76. The van der Waals surface area contributed by atoms with Gasteiger partial charge in [-0.15, -0.1) is 0 Å². The van der Waals surface area contributed by atoms with E-state index in [4.69, 9.17) is 0 Å². The van der Waals surface area contributed by atoms with Crippen molar-refractivity contribution in [1.82, 2.24) is 9.80 Å². The maximum Gasteiger partial charge on any atom is 0.320 e. The Kier molecular flexibility index (Phi) is 3.74. The van der Waals surface area contributed by atoms with Crippen molar-refractivity contribution in [2.24, 2.45) is 17.3 Å². The van der Waals surface area contributed by atoms with Gasteiger partial charge in [0, 0.05) is 26.2 Å². The van der Waals surface area contributed by atoms with Crippen LogP contribution in [-0.2, 0) is 4.79 Å². The average molecular weight is 268 g/mol. The van der Waals surface area contributed by atoms with Crippen LogP contribution in [0.15, 0.2) is 0 Å². The van der Waals surface area contributed by atoms with Crippen molar-refractivity contribution in [2.45, 2.75) is 33.6 Å². The number of carboxylic acids is 1. The van der Waals surface area contributed by atoms with Crippen molar-refractivity contribution in [3.8, 4) is 0 Å². The summed E-state index contributed by atoms with van der Waals surface area (Å²) in [7, 11) is 0. The van der Waals surface area contributed by atoms with Crippen LogP contribution in [0.4, 0.5) is 4.79 Å². The molecule has 0 aliphatic carbocycles. The maximum absolute atomic E-state index is 12.4. The van der Waals surface area contributed by atoms with Gasteiger partial charge in [-0.2, -0.15) is 0 Å². The van der Waals surface area contributed by atoms with Gasteiger partial charge >= 0.3 is 12.0 Å². The van der Waals surface area contributed by atoms with E-state index in [0.29, 0.717) is 31.3 Å². The van der Waals surface area contributed by atoms with Gasteiger partial charge in [0.15, 0.2) is 0 Å². The third kappa shape index (κ3) is 2.69. The van der Waals surface area contributed by atoms with Crippen LogP contribution in [0.1, 0.15) is 33.6 Å². The Morgan fingerprint density at radius 3 is 2.37 bits per heavy atom. The van der Waals surface area contributed by atoms with E-state index in [2.05, 4.69) is 13.8 Å². The molecule has 2 heterocycles. The first-order chi connectivity index (χ1) is 8.83. The molecule has 2 saturated heterocycles. The zero-order chi connectivity index (χ0) is 14.2. The molecule has 19 heavy (non-hydrogen) atoms. The summed E-state index contributed by atoms with van der Waals surface area (Å²) in [4.78, 5) is 27.2. The van der Waals surface area contributed by atoms with E-state index in [0.717, 1.165) is 19.5 Å². The molecule has 2 rings (SSSR count). The van der Waals surface area contributed by atoms with Gasteiger partial charge in [0.1, 0.15) is 0 Å². The number of hydrogen-bond donors (Lipinski definition) is 1. The number of rotatable bonds is 1. The summed E-state index contributed by atoms with van der Waals surface area (Å²) in [6, 6.07) is 0.0173. The van der Waals surface area contributed by atoms with Gasteiger partial charge in [-0.25, -0.2) is 4.79 Å². The number of hydrogen-bond acceptors (Lipinski definition) is 2. The lowest BCUT2D eigenvalue weighted by Crippen LogP contribution is -2.48. The molecular formula is C14H24N2O3. The number of piperidine rings is 1. The Labute approximate surface area is 114 Å². The van der Waals surface area contributed by atoms with Gasteiger partial charge in [-0.05, 0) is 31.6 Å². The van der Waals surface area contributed by atoms with Crippen LogP contribution in [0.2, 0.25) is 0 Å². The molecule has 108 valence electrons. The number of urea groups is 1. The Balaban J connectivity index is 1.97. The van der Waals surface area contributed by atoms with Crippen LogP contribution in [0.5, 0.6) is 0 Å². The predicted octanol–water partition coefficient (Wildman–Crippen LogP) is 1.88. The van der Waals surface area contributed by atoms with Crippen LogP contribution in [0.25, 0.3) is 0 Å². The van der Waals surface area contributed by atoms with E-state index in [1.807, 2.05) is 4.90 Å². The summed E-state index contributed by atoms with van der Waals surface area (Å²) >= 11 is 0. The van der Waals surface area contributed by atoms with Crippen molar-refractivity contribution in [1.29, 1.82) is 0 Å². The molecule has 2 amide bonds. The molecule has 3 unspecified atom stereocenters. The van der Waals surface area contributed by atoms with E-state index in [-0.39, 0.29) is 6.03 Å². The molecule has 5 nitrogen and oxygen atoms in total. The van der Waals surface area contributed by atoms with E-state index < -0.39 is 11.4 Å². The number of carbonyl (C=O) groups is 2. The van der Waals surface area contributed by atoms with Crippen LogP contribution in [0.3, 0.4) is 0 Å². The largest absolute Gasteiger partial charge is 0.481 e. The summed E-state index contributed by atoms with van der Waals surface area (Å²) in [6.45, 7) is 8.61. The van der Waals surface area contributed by atoms with Gasteiger partial charge in [-0.3, -0.25) is 4.79 Å². The third-order valence-corrected chi connectivity index (χ3v) is 4.86. The summed E-state index contributed by atoms with van der Waals surface area (Å²) in [6.07, 6.45) is 1.59. The summed E-state index contributed by atoms with van der Waals surface area (Å²) in [5.41, 5.74) is -0.773. The van der Waals surface area contributed by atoms with Crippen LogP contribution in [-0.4, -0.2) is 53.1 Å². The maximum atomic E-state index is 12.4. The second-order valence-electron chi connectivity index (χ2n) is 6.51. The number of carbonyl (C=O) groups excluding carboxylic acids is 1. The van der Waals surface area contributed by atoms with Crippen molar-refractivity contribution < 1.29 is 14.7 Å². The molecule has 3 atom stereocenters. The molecule has 0 aromatic rings. The van der Waals surface area contributed by atoms with Gasteiger partial charge in [0.05, 0.1) is 5.41 Å². The third-order valence-electron chi connectivity index (χ3n) is 4.86. The van der Waals surface area contributed by atoms with E-state index in [1.165, 1.54) is 0 Å². The molecule has 2 aliphatic heterocycles. The normalized spacial score (nSPS) is 35.5. The summed E-state index contributed by atoms with van der Waals surface area (Å²) < 4.78 is 0. The fourth-order valence-electron chi connectivity index (χ4n) is 2.94. The van der Waals surface area contributed by atoms with Gasteiger partial charge in [0.25, 0.3) is 0 Å².